The van der Waals surface area contributed by atoms with Gasteiger partial charge in [-0.2, -0.15) is 0 Å². The number of hydrogen-bond donors (Lipinski definition) is 2. The third kappa shape index (κ3) is 5.54. The molecular formula is C17H20ClN3O2. The summed E-state index contributed by atoms with van der Waals surface area (Å²) in [6.45, 7) is 2.56. The van der Waals surface area contributed by atoms with Crippen molar-refractivity contribution in [1.82, 2.24) is 9.88 Å². The number of nitrogens with one attached hydrogen (secondary N) is 1. The number of anilines is 1. The maximum Gasteiger partial charge on any atom is 0.322 e. The van der Waals surface area contributed by atoms with Gasteiger partial charge < -0.3 is 15.3 Å². The molecule has 2 amide bonds. The molecule has 0 aliphatic carbocycles. The summed E-state index contributed by atoms with van der Waals surface area (Å²) in [7, 11) is 0. The van der Waals surface area contributed by atoms with Gasteiger partial charge in [0.05, 0.1) is 6.10 Å². The lowest BCUT2D eigenvalue weighted by Gasteiger charge is -2.25. The third-order valence-electron chi connectivity index (χ3n) is 3.38. The number of carbonyl (C=O) groups excluding carboxylic acids is 1. The van der Waals surface area contributed by atoms with Gasteiger partial charge in [0.1, 0.15) is 5.15 Å². The zero-order valence-corrected chi connectivity index (χ0v) is 13.7. The van der Waals surface area contributed by atoms with Gasteiger partial charge in [-0.25, -0.2) is 9.78 Å². The Labute approximate surface area is 140 Å². The van der Waals surface area contributed by atoms with Crippen molar-refractivity contribution in [3.05, 3.63) is 59.4 Å². The number of aliphatic hydroxyl groups is 1. The number of rotatable bonds is 6. The quantitative estimate of drug-likeness (QED) is 0.795. The van der Waals surface area contributed by atoms with Crippen LogP contribution >= 0.6 is 11.6 Å². The van der Waals surface area contributed by atoms with E-state index in [4.69, 9.17) is 11.6 Å². The van der Waals surface area contributed by atoms with Crippen LogP contribution in [0.2, 0.25) is 5.15 Å². The van der Waals surface area contributed by atoms with E-state index in [0.717, 1.165) is 5.56 Å². The van der Waals surface area contributed by atoms with Gasteiger partial charge in [0.2, 0.25) is 0 Å². The second-order valence-corrected chi connectivity index (χ2v) is 5.61. The number of urea groups is 1. The van der Waals surface area contributed by atoms with Crippen molar-refractivity contribution in [2.75, 3.05) is 11.9 Å². The number of aliphatic hydroxyl groups excluding tert-OH is 1. The maximum absolute atomic E-state index is 12.5. The molecule has 2 N–H and O–H groups in total. The second-order valence-electron chi connectivity index (χ2n) is 5.23. The van der Waals surface area contributed by atoms with Crippen molar-refractivity contribution in [2.45, 2.75) is 26.0 Å². The van der Waals surface area contributed by atoms with Crippen molar-refractivity contribution in [3.8, 4) is 0 Å². The number of benzene rings is 1. The van der Waals surface area contributed by atoms with Gasteiger partial charge in [0.25, 0.3) is 0 Å². The van der Waals surface area contributed by atoms with Crippen LogP contribution in [-0.4, -0.2) is 33.7 Å². The van der Waals surface area contributed by atoms with Crippen LogP contribution in [0.3, 0.4) is 0 Å². The molecule has 23 heavy (non-hydrogen) atoms. The average Bonchev–Trinajstić information content (AvgIpc) is 2.55. The molecule has 1 aromatic carbocycles. The van der Waals surface area contributed by atoms with E-state index in [2.05, 4.69) is 10.3 Å². The summed E-state index contributed by atoms with van der Waals surface area (Å²) in [4.78, 5) is 18.0. The highest BCUT2D eigenvalue weighted by Gasteiger charge is 2.17. The number of aromatic nitrogens is 1. The molecule has 122 valence electrons. The van der Waals surface area contributed by atoms with Gasteiger partial charge in [-0.15, -0.1) is 0 Å². The highest BCUT2D eigenvalue weighted by atomic mass is 35.5. The van der Waals surface area contributed by atoms with Gasteiger partial charge in [-0.1, -0.05) is 48.9 Å². The number of carbonyl (C=O) groups is 1. The molecule has 1 unspecified atom stereocenters. The van der Waals surface area contributed by atoms with E-state index in [-0.39, 0.29) is 12.6 Å². The largest absolute Gasteiger partial charge is 0.391 e. The van der Waals surface area contributed by atoms with Crippen LogP contribution in [-0.2, 0) is 6.54 Å². The predicted molar refractivity (Wildman–Crippen MR) is 91.4 cm³/mol. The van der Waals surface area contributed by atoms with Crippen LogP contribution in [0.5, 0.6) is 0 Å². The molecular weight excluding hydrogens is 314 g/mol. The van der Waals surface area contributed by atoms with E-state index in [1.165, 1.54) is 6.20 Å². The van der Waals surface area contributed by atoms with Crippen LogP contribution in [0.15, 0.2) is 48.7 Å². The molecule has 1 atom stereocenters. The minimum Gasteiger partial charge on any atom is -0.391 e. The van der Waals surface area contributed by atoms with Crippen molar-refractivity contribution >= 4 is 23.3 Å². The summed E-state index contributed by atoms with van der Waals surface area (Å²) in [5, 5.41) is 13.0. The molecule has 2 rings (SSSR count). The first-order valence-corrected chi connectivity index (χ1v) is 7.85. The van der Waals surface area contributed by atoms with Crippen LogP contribution in [0.1, 0.15) is 18.9 Å². The standard InChI is InChI=1S/C17H20ClN3O2/c1-2-15(22)12-21(11-13-6-4-3-5-7-13)17(23)20-14-8-9-19-16(18)10-14/h3-10,15,22H,2,11-12H2,1H3,(H,19,20,23). The topological polar surface area (TPSA) is 65.5 Å². The van der Waals surface area contributed by atoms with E-state index in [1.807, 2.05) is 37.3 Å². The number of amides is 2. The monoisotopic (exact) mass is 333 g/mol. The summed E-state index contributed by atoms with van der Waals surface area (Å²) in [5.74, 6) is 0. The number of pyridine rings is 1. The Morgan fingerprint density at radius 2 is 2.09 bits per heavy atom. The molecule has 0 saturated heterocycles. The Morgan fingerprint density at radius 3 is 2.74 bits per heavy atom. The molecule has 5 nitrogen and oxygen atoms in total. The minimum atomic E-state index is -0.564. The molecule has 1 heterocycles. The molecule has 0 radical (unpaired) electrons. The minimum absolute atomic E-state index is 0.260. The first-order valence-electron chi connectivity index (χ1n) is 7.48. The van der Waals surface area contributed by atoms with Crippen LogP contribution in [0.4, 0.5) is 10.5 Å². The Hall–Kier alpha value is -2.11. The van der Waals surface area contributed by atoms with Crippen LogP contribution in [0.25, 0.3) is 0 Å². The Kier molecular flexibility index (Phi) is 6.38. The lowest BCUT2D eigenvalue weighted by molar-refractivity contribution is 0.119. The van der Waals surface area contributed by atoms with Gasteiger partial charge >= 0.3 is 6.03 Å². The van der Waals surface area contributed by atoms with Gasteiger partial charge in [0, 0.05) is 25.0 Å². The van der Waals surface area contributed by atoms with Crippen LogP contribution in [0, 0.1) is 0 Å². The SMILES string of the molecule is CCC(O)CN(Cc1ccccc1)C(=O)Nc1ccnc(Cl)c1. The van der Waals surface area contributed by atoms with Crippen molar-refractivity contribution in [3.63, 3.8) is 0 Å². The normalized spacial score (nSPS) is 11.8. The number of hydrogen-bond acceptors (Lipinski definition) is 3. The van der Waals surface area contributed by atoms with Crippen molar-refractivity contribution < 1.29 is 9.90 Å². The summed E-state index contributed by atoms with van der Waals surface area (Å²) in [6, 6.07) is 12.6. The second kappa shape index (κ2) is 8.50. The van der Waals surface area contributed by atoms with E-state index in [1.54, 1.807) is 17.0 Å². The fourth-order valence-corrected chi connectivity index (χ4v) is 2.26. The molecule has 0 bridgehead atoms. The molecule has 0 aliphatic heterocycles. The first-order chi connectivity index (χ1) is 11.1. The van der Waals surface area contributed by atoms with Gasteiger partial charge in [-0.3, -0.25) is 0 Å². The molecule has 0 fully saturated rings. The highest BCUT2D eigenvalue weighted by Crippen LogP contribution is 2.14. The fraction of sp³-hybridized carbons (Fsp3) is 0.294. The lowest BCUT2D eigenvalue weighted by Crippen LogP contribution is -2.39. The van der Waals surface area contributed by atoms with E-state index >= 15 is 0 Å². The fourth-order valence-electron chi connectivity index (χ4n) is 2.09. The summed E-state index contributed by atoms with van der Waals surface area (Å²) in [6.07, 6.45) is 1.55. The lowest BCUT2D eigenvalue weighted by atomic mass is 10.2. The summed E-state index contributed by atoms with van der Waals surface area (Å²) in [5.41, 5.74) is 1.57. The maximum atomic E-state index is 12.5. The third-order valence-corrected chi connectivity index (χ3v) is 3.59. The molecule has 0 saturated carbocycles. The zero-order valence-electron chi connectivity index (χ0n) is 12.9. The van der Waals surface area contributed by atoms with Gasteiger partial charge in [0.15, 0.2) is 0 Å². The van der Waals surface area contributed by atoms with E-state index in [9.17, 15) is 9.90 Å². The Bertz CT molecular complexity index is 637. The Morgan fingerprint density at radius 1 is 1.35 bits per heavy atom. The number of nitrogens with zero attached hydrogens (tertiary/aromatic N) is 2. The Balaban J connectivity index is 2.10. The first kappa shape index (κ1) is 17.2. The van der Waals surface area contributed by atoms with Gasteiger partial charge in [-0.05, 0) is 24.1 Å². The molecule has 2 aromatic rings. The van der Waals surface area contributed by atoms with Crippen molar-refractivity contribution in [1.29, 1.82) is 0 Å². The molecule has 0 aliphatic rings. The molecule has 1 aromatic heterocycles. The average molecular weight is 334 g/mol. The summed E-state index contributed by atoms with van der Waals surface area (Å²) < 4.78 is 0. The predicted octanol–water partition coefficient (Wildman–Crippen LogP) is 3.54. The van der Waals surface area contributed by atoms with Crippen molar-refractivity contribution in [2.24, 2.45) is 0 Å². The van der Waals surface area contributed by atoms with E-state index < -0.39 is 6.10 Å². The van der Waals surface area contributed by atoms with Crippen LogP contribution < -0.4 is 5.32 Å². The molecule has 0 spiro atoms. The molecule has 6 heteroatoms. The van der Waals surface area contributed by atoms with E-state index in [0.29, 0.717) is 23.8 Å². The highest BCUT2D eigenvalue weighted by molar-refractivity contribution is 6.29. The number of halogens is 1. The smallest absolute Gasteiger partial charge is 0.322 e. The zero-order chi connectivity index (χ0) is 16.7. The summed E-state index contributed by atoms with van der Waals surface area (Å²) >= 11 is 5.83.